The third-order valence-electron chi connectivity index (χ3n) is 2.38. The summed E-state index contributed by atoms with van der Waals surface area (Å²) >= 11 is 1.59. The quantitative estimate of drug-likeness (QED) is 0.636. The SMILES string of the molecule is COCC(NN)c1cc2cc(F)ccc2s1. The number of methoxy groups -OCH3 is 1. The van der Waals surface area contributed by atoms with Gasteiger partial charge in [0.1, 0.15) is 5.82 Å². The molecule has 1 unspecified atom stereocenters. The molecule has 86 valence electrons. The van der Waals surface area contributed by atoms with Crippen molar-refractivity contribution < 1.29 is 9.13 Å². The normalized spacial score (nSPS) is 13.2. The zero-order chi connectivity index (χ0) is 11.5. The van der Waals surface area contributed by atoms with E-state index in [1.54, 1.807) is 24.5 Å². The van der Waals surface area contributed by atoms with Crippen LogP contribution in [0.5, 0.6) is 0 Å². The van der Waals surface area contributed by atoms with Crippen LogP contribution in [0, 0.1) is 5.82 Å². The molecule has 2 aromatic rings. The first kappa shape index (κ1) is 11.5. The van der Waals surface area contributed by atoms with E-state index in [0.29, 0.717) is 6.61 Å². The van der Waals surface area contributed by atoms with E-state index in [1.165, 1.54) is 12.1 Å². The Labute approximate surface area is 97.0 Å². The number of hydrogen-bond acceptors (Lipinski definition) is 4. The van der Waals surface area contributed by atoms with Crippen LogP contribution in [0.1, 0.15) is 10.9 Å². The van der Waals surface area contributed by atoms with Crippen LogP contribution in [0.4, 0.5) is 4.39 Å². The maximum atomic E-state index is 13.0. The molecule has 2 rings (SSSR count). The molecule has 0 bridgehead atoms. The molecule has 0 saturated carbocycles. The van der Waals surface area contributed by atoms with Crippen molar-refractivity contribution in [2.75, 3.05) is 13.7 Å². The lowest BCUT2D eigenvalue weighted by molar-refractivity contribution is 0.168. The molecule has 16 heavy (non-hydrogen) atoms. The van der Waals surface area contributed by atoms with Crippen molar-refractivity contribution in [3.63, 3.8) is 0 Å². The average Bonchev–Trinajstić information content (AvgIpc) is 2.68. The van der Waals surface area contributed by atoms with Gasteiger partial charge in [-0.05, 0) is 29.7 Å². The van der Waals surface area contributed by atoms with Gasteiger partial charge in [0.15, 0.2) is 0 Å². The molecule has 0 aliphatic carbocycles. The Morgan fingerprint density at radius 1 is 1.50 bits per heavy atom. The van der Waals surface area contributed by atoms with Gasteiger partial charge in [-0.15, -0.1) is 11.3 Å². The Bertz CT molecular complexity index is 486. The highest BCUT2D eigenvalue weighted by Crippen LogP contribution is 2.30. The minimum atomic E-state index is -0.221. The number of fused-ring (bicyclic) bond motifs is 1. The monoisotopic (exact) mass is 240 g/mol. The molecule has 0 spiro atoms. The second-order valence-electron chi connectivity index (χ2n) is 3.51. The van der Waals surface area contributed by atoms with Crippen LogP contribution in [-0.2, 0) is 4.74 Å². The van der Waals surface area contributed by atoms with Gasteiger partial charge in [0, 0.05) is 16.7 Å². The van der Waals surface area contributed by atoms with E-state index in [-0.39, 0.29) is 11.9 Å². The maximum absolute atomic E-state index is 13.0. The Hall–Kier alpha value is -1.01. The Morgan fingerprint density at radius 2 is 2.31 bits per heavy atom. The highest BCUT2D eigenvalue weighted by atomic mass is 32.1. The van der Waals surface area contributed by atoms with Crippen molar-refractivity contribution in [2.45, 2.75) is 6.04 Å². The molecule has 1 heterocycles. The van der Waals surface area contributed by atoms with Crippen molar-refractivity contribution in [3.05, 3.63) is 35.0 Å². The zero-order valence-electron chi connectivity index (χ0n) is 8.87. The highest BCUT2D eigenvalue weighted by molar-refractivity contribution is 7.19. The number of nitrogens with one attached hydrogen (secondary N) is 1. The van der Waals surface area contributed by atoms with Crippen molar-refractivity contribution >= 4 is 21.4 Å². The largest absolute Gasteiger partial charge is 0.383 e. The molecule has 1 aromatic carbocycles. The van der Waals surface area contributed by atoms with Gasteiger partial charge in [-0.3, -0.25) is 5.84 Å². The van der Waals surface area contributed by atoms with E-state index in [1.807, 2.05) is 6.07 Å². The van der Waals surface area contributed by atoms with Crippen LogP contribution >= 0.6 is 11.3 Å². The van der Waals surface area contributed by atoms with Crippen molar-refractivity contribution in [1.29, 1.82) is 0 Å². The lowest BCUT2D eigenvalue weighted by Crippen LogP contribution is -2.30. The first-order valence-corrected chi connectivity index (χ1v) is 5.70. The summed E-state index contributed by atoms with van der Waals surface area (Å²) in [6, 6.07) is 6.65. The molecule has 3 N–H and O–H groups in total. The lowest BCUT2D eigenvalue weighted by atomic mass is 10.2. The van der Waals surface area contributed by atoms with Gasteiger partial charge in [-0.2, -0.15) is 0 Å². The summed E-state index contributed by atoms with van der Waals surface area (Å²) in [6.45, 7) is 0.492. The van der Waals surface area contributed by atoms with Crippen molar-refractivity contribution in [3.8, 4) is 0 Å². The van der Waals surface area contributed by atoms with Crippen LogP contribution in [0.25, 0.3) is 10.1 Å². The molecule has 0 aliphatic rings. The van der Waals surface area contributed by atoms with Gasteiger partial charge in [0.2, 0.25) is 0 Å². The van der Waals surface area contributed by atoms with Gasteiger partial charge in [-0.25, -0.2) is 9.82 Å². The summed E-state index contributed by atoms with van der Waals surface area (Å²) in [4.78, 5) is 1.05. The fraction of sp³-hybridized carbons (Fsp3) is 0.273. The van der Waals surface area contributed by atoms with Crippen LogP contribution in [0.15, 0.2) is 24.3 Å². The third-order valence-corrected chi connectivity index (χ3v) is 3.61. The van der Waals surface area contributed by atoms with Crippen molar-refractivity contribution in [2.24, 2.45) is 5.84 Å². The third kappa shape index (κ3) is 2.22. The number of nitrogens with two attached hydrogens (primary N) is 1. The second-order valence-corrected chi connectivity index (χ2v) is 4.62. The highest BCUT2D eigenvalue weighted by Gasteiger charge is 2.12. The molecular formula is C11H13FN2OS. The molecule has 1 aromatic heterocycles. The summed E-state index contributed by atoms with van der Waals surface area (Å²) in [5.74, 6) is 5.22. The Balaban J connectivity index is 2.37. The summed E-state index contributed by atoms with van der Waals surface area (Å²) in [5.41, 5.74) is 2.69. The number of hydrazine groups is 1. The maximum Gasteiger partial charge on any atom is 0.123 e. The van der Waals surface area contributed by atoms with Gasteiger partial charge in [-0.1, -0.05) is 0 Å². The molecule has 3 nitrogen and oxygen atoms in total. The number of benzene rings is 1. The van der Waals surface area contributed by atoms with E-state index in [2.05, 4.69) is 5.43 Å². The molecule has 1 atom stereocenters. The standard InChI is InChI=1S/C11H13FN2OS/c1-15-6-9(14-13)11-5-7-4-8(12)2-3-10(7)16-11/h2-5,9,14H,6,13H2,1H3. The Kier molecular flexibility index (Phi) is 3.50. The van der Waals surface area contributed by atoms with Gasteiger partial charge >= 0.3 is 0 Å². The number of ether oxygens (including phenoxy) is 1. The van der Waals surface area contributed by atoms with Gasteiger partial charge in [0.05, 0.1) is 12.6 Å². The fourth-order valence-corrected chi connectivity index (χ4v) is 2.68. The van der Waals surface area contributed by atoms with Gasteiger partial charge < -0.3 is 4.74 Å². The van der Waals surface area contributed by atoms with Crippen LogP contribution in [0.3, 0.4) is 0 Å². The first-order valence-electron chi connectivity index (χ1n) is 4.88. The van der Waals surface area contributed by atoms with E-state index in [9.17, 15) is 4.39 Å². The molecule has 0 radical (unpaired) electrons. The lowest BCUT2D eigenvalue weighted by Gasteiger charge is -2.11. The molecule has 0 amide bonds. The van der Waals surface area contributed by atoms with E-state index >= 15 is 0 Å². The Morgan fingerprint density at radius 3 is 3.00 bits per heavy atom. The fourth-order valence-electron chi connectivity index (χ4n) is 1.59. The average molecular weight is 240 g/mol. The minimum Gasteiger partial charge on any atom is -0.383 e. The number of halogens is 1. The summed E-state index contributed by atoms with van der Waals surface area (Å²) in [6.07, 6.45) is 0. The van der Waals surface area contributed by atoms with Crippen LogP contribution in [-0.4, -0.2) is 13.7 Å². The van der Waals surface area contributed by atoms with E-state index in [0.717, 1.165) is 15.0 Å². The topological polar surface area (TPSA) is 47.3 Å². The zero-order valence-corrected chi connectivity index (χ0v) is 9.68. The van der Waals surface area contributed by atoms with Gasteiger partial charge in [0.25, 0.3) is 0 Å². The summed E-state index contributed by atoms with van der Waals surface area (Å²) in [5, 5.41) is 0.899. The smallest absolute Gasteiger partial charge is 0.123 e. The molecule has 5 heteroatoms. The predicted octanol–water partition coefficient (Wildman–Crippen LogP) is 2.19. The number of hydrogen-bond donors (Lipinski definition) is 2. The summed E-state index contributed by atoms with van der Waals surface area (Å²) in [7, 11) is 1.62. The first-order chi connectivity index (χ1) is 7.74. The van der Waals surface area contributed by atoms with Crippen LogP contribution in [0.2, 0.25) is 0 Å². The number of rotatable bonds is 4. The van der Waals surface area contributed by atoms with Crippen molar-refractivity contribution in [1.82, 2.24) is 5.43 Å². The molecular weight excluding hydrogens is 227 g/mol. The van der Waals surface area contributed by atoms with E-state index < -0.39 is 0 Å². The molecule has 0 fully saturated rings. The minimum absolute atomic E-state index is 0.0505. The molecule has 0 saturated heterocycles. The predicted molar refractivity (Wildman–Crippen MR) is 63.7 cm³/mol. The molecule has 0 aliphatic heterocycles. The summed E-state index contributed by atoms with van der Waals surface area (Å²) < 4.78 is 19.1. The van der Waals surface area contributed by atoms with Crippen LogP contribution < -0.4 is 11.3 Å². The van der Waals surface area contributed by atoms with E-state index in [4.69, 9.17) is 10.6 Å². The second kappa shape index (κ2) is 4.88. The number of thiophene rings is 1.